The van der Waals surface area contributed by atoms with Crippen molar-refractivity contribution in [2.45, 2.75) is 134 Å². The van der Waals surface area contributed by atoms with Crippen molar-refractivity contribution in [1.82, 2.24) is 31.9 Å². The van der Waals surface area contributed by atoms with Crippen molar-refractivity contribution in [3.8, 4) is 0 Å². The standard InChI is InChI=1S/C40H63N9O8/c1-39(2,3)57-38(56)49-31(23-40-20-25-16-26(21-40)18-27(17-25)22-40)35(53)47-29(13-9-15-44-36(42)43)33(51)48-30(19-24-10-5-4-6-11-24)34(52)46-28(32(41)50)12-7-8-14-45-37(54)55/h4-6,10-11,25-31,45H,7-9,12-23H2,1-3H3,(H2,41,50)(H,46,52)(H,47,53)(H,48,51)(H,49,56)(H,54,55)(H4,42,43,44). The van der Waals surface area contributed by atoms with Crippen LogP contribution in [0.25, 0.3) is 0 Å². The van der Waals surface area contributed by atoms with Gasteiger partial charge in [-0.1, -0.05) is 30.3 Å². The average molecular weight is 798 g/mol. The Bertz CT molecular complexity index is 1550. The van der Waals surface area contributed by atoms with E-state index in [2.05, 4.69) is 31.9 Å². The van der Waals surface area contributed by atoms with Crippen LogP contribution in [0.2, 0.25) is 0 Å². The molecule has 17 heteroatoms. The summed E-state index contributed by atoms with van der Waals surface area (Å²) >= 11 is 0. The minimum Gasteiger partial charge on any atom is -0.465 e. The Kier molecular flexibility index (Phi) is 15.9. The van der Waals surface area contributed by atoms with Gasteiger partial charge in [0, 0.05) is 19.5 Å². The Morgan fingerprint density at radius 2 is 1.28 bits per heavy atom. The molecule has 4 atom stereocenters. The summed E-state index contributed by atoms with van der Waals surface area (Å²) in [4.78, 5) is 78.7. The zero-order valence-electron chi connectivity index (χ0n) is 33.5. The van der Waals surface area contributed by atoms with Gasteiger partial charge in [-0.15, -0.1) is 0 Å². The zero-order valence-corrected chi connectivity index (χ0v) is 33.5. The fourth-order valence-electron chi connectivity index (χ4n) is 9.26. The van der Waals surface area contributed by atoms with Gasteiger partial charge < -0.3 is 53.2 Å². The van der Waals surface area contributed by atoms with E-state index in [9.17, 15) is 28.8 Å². The molecule has 0 aromatic heterocycles. The number of nitrogens with one attached hydrogen (secondary N) is 7. The highest BCUT2D eigenvalue weighted by atomic mass is 16.6. The molecule has 0 heterocycles. The van der Waals surface area contributed by atoms with Gasteiger partial charge in [0.1, 0.15) is 29.8 Å². The van der Waals surface area contributed by atoms with Gasteiger partial charge in [0.25, 0.3) is 0 Å². The van der Waals surface area contributed by atoms with Gasteiger partial charge in [-0.25, -0.2) is 9.59 Å². The normalized spacial score (nSPS) is 22.8. The number of benzene rings is 1. The monoisotopic (exact) mass is 797 g/mol. The number of carbonyl (C=O) groups excluding carboxylic acids is 5. The quantitative estimate of drug-likeness (QED) is 0.0493. The van der Waals surface area contributed by atoms with Crippen molar-refractivity contribution in [2.75, 3.05) is 13.1 Å². The van der Waals surface area contributed by atoms with Crippen molar-refractivity contribution in [3.63, 3.8) is 0 Å². The smallest absolute Gasteiger partial charge is 0.408 e. The SMILES string of the molecule is CC(C)(C)OC(=O)NC(CC12CC3CC(CC(C3)C1)C2)C(=O)NC(CCCNC(=N)N)C(=O)NC(Cc1ccccc1)C(=O)NC(CCCCNC(=O)O)C(N)=O. The summed E-state index contributed by atoms with van der Waals surface area (Å²) in [6.45, 7) is 5.61. The lowest BCUT2D eigenvalue weighted by atomic mass is 9.48. The van der Waals surface area contributed by atoms with Crippen LogP contribution in [0.15, 0.2) is 30.3 Å². The van der Waals surface area contributed by atoms with Crippen LogP contribution in [0.5, 0.6) is 0 Å². The lowest BCUT2D eigenvalue weighted by molar-refractivity contribution is -0.134. The second-order valence-electron chi connectivity index (χ2n) is 17.3. The number of alkyl carbamates (subject to hydrolysis) is 1. The van der Waals surface area contributed by atoms with Crippen molar-refractivity contribution < 1.29 is 38.6 Å². The fourth-order valence-corrected chi connectivity index (χ4v) is 9.26. The van der Waals surface area contributed by atoms with Crippen molar-refractivity contribution >= 4 is 41.8 Å². The number of rotatable bonds is 21. The molecule has 1 aromatic carbocycles. The predicted octanol–water partition coefficient (Wildman–Crippen LogP) is 2.37. The van der Waals surface area contributed by atoms with E-state index < -0.39 is 65.6 Å². The Labute approximate surface area is 334 Å². The molecule has 1 aromatic rings. The maximum Gasteiger partial charge on any atom is 0.408 e. The van der Waals surface area contributed by atoms with Crippen molar-refractivity contribution in [2.24, 2.45) is 34.6 Å². The van der Waals surface area contributed by atoms with Gasteiger partial charge in [-0.2, -0.15) is 0 Å². The Morgan fingerprint density at radius 1 is 0.754 bits per heavy atom. The highest BCUT2D eigenvalue weighted by Gasteiger charge is 2.52. The van der Waals surface area contributed by atoms with Gasteiger partial charge >= 0.3 is 12.2 Å². The number of nitrogens with two attached hydrogens (primary N) is 2. The molecular weight excluding hydrogens is 734 g/mol. The Morgan fingerprint density at radius 3 is 1.84 bits per heavy atom. The van der Waals surface area contributed by atoms with Crippen LogP contribution in [-0.2, 0) is 30.3 Å². The minimum atomic E-state index is -1.19. The molecule has 0 spiro atoms. The first-order valence-corrected chi connectivity index (χ1v) is 20.2. The second kappa shape index (κ2) is 20.4. The Hall–Kier alpha value is -5.09. The number of hydrogen-bond donors (Lipinski definition) is 10. The van der Waals surface area contributed by atoms with Crippen molar-refractivity contribution in [3.05, 3.63) is 35.9 Å². The molecule has 0 radical (unpaired) electrons. The molecule has 4 saturated carbocycles. The van der Waals surface area contributed by atoms with E-state index in [1.165, 1.54) is 19.3 Å². The van der Waals surface area contributed by atoms with Crippen LogP contribution >= 0.6 is 0 Å². The lowest BCUT2D eigenvalue weighted by Gasteiger charge is -2.57. The van der Waals surface area contributed by atoms with E-state index in [0.717, 1.165) is 24.8 Å². The third kappa shape index (κ3) is 14.7. The number of ether oxygens (including phenoxy) is 1. The molecule has 57 heavy (non-hydrogen) atoms. The van der Waals surface area contributed by atoms with Gasteiger partial charge in [-0.05, 0) is 127 Å². The molecule has 316 valence electrons. The van der Waals surface area contributed by atoms with Crippen LogP contribution in [0.4, 0.5) is 9.59 Å². The van der Waals surface area contributed by atoms with Gasteiger partial charge in [0.2, 0.25) is 23.6 Å². The molecule has 4 fully saturated rings. The first-order chi connectivity index (χ1) is 26.9. The van der Waals surface area contributed by atoms with E-state index in [-0.39, 0.29) is 43.7 Å². The van der Waals surface area contributed by atoms with Crippen LogP contribution in [0.3, 0.4) is 0 Å². The molecule has 17 nitrogen and oxygen atoms in total. The minimum absolute atomic E-state index is 0.0494. The summed E-state index contributed by atoms with van der Waals surface area (Å²) in [6.07, 6.45) is 6.46. The summed E-state index contributed by atoms with van der Waals surface area (Å²) in [6, 6.07) is 4.53. The van der Waals surface area contributed by atoms with Gasteiger partial charge in [0.05, 0.1) is 0 Å². The number of carboxylic acid groups (broad SMARTS) is 1. The highest BCUT2D eigenvalue weighted by molar-refractivity contribution is 5.95. The average Bonchev–Trinajstić information content (AvgIpc) is 3.10. The van der Waals surface area contributed by atoms with Crippen LogP contribution in [0.1, 0.15) is 103 Å². The molecule has 4 bridgehead atoms. The topological polar surface area (TPSA) is 280 Å². The lowest BCUT2D eigenvalue weighted by Crippen LogP contribution is -2.59. The third-order valence-electron chi connectivity index (χ3n) is 11.2. The summed E-state index contributed by atoms with van der Waals surface area (Å²) in [7, 11) is 0. The number of carbonyl (C=O) groups is 6. The maximum absolute atomic E-state index is 14.3. The van der Waals surface area contributed by atoms with E-state index in [4.69, 9.17) is 26.7 Å². The van der Waals surface area contributed by atoms with Gasteiger partial charge in [-0.3, -0.25) is 24.6 Å². The third-order valence-corrected chi connectivity index (χ3v) is 11.2. The summed E-state index contributed by atoms with van der Waals surface area (Å²) in [5.74, 6) is -1.12. The van der Waals surface area contributed by atoms with Crippen LogP contribution < -0.4 is 43.4 Å². The summed E-state index contributed by atoms with van der Waals surface area (Å²) < 4.78 is 5.57. The van der Waals surface area contributed by atoms with E-state index in [1.54, 1.807) is 45.0 Å². The Balaban J connectivity index is 1.54. The first-order valence-electron chi connectivity index (χ1n) is 20.2. The first kappa shape index (κ1) is 44.6. The predicted molar refractivity (Wildman–Crippen MR) is 213 cm³/mol. The molecule has 0 saturated heterocycles. The molecule has 0 aliphatic heterocycles. The van der Waals surface area contributed by atoms with E-state index in [1.807, 2.05) is 6.07 Å². The summed E-state index contributed by atoms with van der Waals surface area (Å²) in [5, 5.41) is 32.5. The summed E-state index contributed by atoms with van der Waals surface area (Å²) in [5.41, 5.74) is 10.9. The molecule has 5 rings (SSSR count). The maximum atomic E-state index is 14.3. The zero-order chi connectivity index (χ0) is 41.8. The van der Waals surface area contributed by atoms with E-state index in [0.29, 0.717) is 43.4 Å². The molecule has 12 N–H and O–H groups in total. The second-order valence-corrected chi connectivity index (χ2v) is 17.3. The number of hydrogen-bond acceptors (Lipinski definition) is 8. The fraction of sp³-hybridized carbons (Fsp3) is 0.675. The molecular formula is C40H63N9O8. The highest BCUT2D eigenvalue weighted by Crippen LogP contribution is 2.61. The number of amides is 6. The number of primary amides is 1. The van der Waals surface area contributed by atoms with Crippen LogP contribution in [-0.4, -0.2) is 89.7 Å². The molecule has 6 amide bonds. The molecule has 4 aliphatic rings. The van der Waals surface area contributed by atoms with Gasteiger partial charge in [0.15, 0.2) is 5.96 Å². The van der Waals surface area contributed by atoms with Crippen molar-refractivity contribution in [1.29, 1.82) is 5.41 Å². The van der Waals surface area contributed by atoms with Crippen LogP contribution in [0, 0.1) is 28.6 Å². The largest absolute Gasteiger partial charge is 0.465 e. The number of unbranched alkanes of at least 4 members (excludes halogenated alkanes) is 1. The number of guanidine groups is 1. The molecule has 4 aliphatic carbocycles. The van der Waals surface area contributed by atoms with E-state index >= 15 is 0 Å². The molecule has 4 unspecified atom stereocenters.